The Morgan fingerprint density at radius 3 is 2.71 bits per heavy atom. The summed E-state index contributed by atoms with van der Waals surface area (Å²) in [6.07, 6.45) is 1.53. The van der Waals surface area contributed by atoms with Gasteiger partial charge in [0.1, 0.15) is 16.9 Å². The Hall–Kier alpha value is -3.02. The van der Waals surface area contributed by atoms with E-state index in [1.54, 1.807) is 29.2 Å². The first-order valence-corrected chi connectivity index (χ1v) is 7.62. The maximum Gasteiger partial charge on any atom is 0.260 e. The molecule has 0 saturated heterocycles. The zero-order chi connectivity index (χ0) is 16.8. The molecule has 0 fully saturated rings. The minimum atomic E-state index is -0.349. The molecule has 1 unspecified atom stereocenters. The van der Waals surface area contributed by atoms with Gasteiger partial charge in [-0.05, 0) is 36.8 Å². The van der Waals surface area contributed by atoms with E-state index in [-0.39, 0.29) is 34.3 Å². The number of aromatic nitrogens is 2. The molecule has 1 N–H and O–H groups in total. The molecule has 4 rings (SSSR count). The predicted octanol–water partition coefficient (Wildman–Crippen LogP) is 2.78. The second-order valence-electron chi connectivity index (χ2n) is 5.88. The van der Waals surface area contributed by atoms with Gasteiger partial charge in [-0.2, -0.15) is 0 Å². The van der Waals surface area contributed by atoms with Gasteiger partial charge in [-0.25, -0.2) is 4.39 Å². The summed E-state index contributed by atoms with van der Waals surface area (Å²) in [5.41, 5.74) is 2.09. The molecule has 1 atom stereocenters. The standard InChI is InChI=1S/C18H14FN3O2/c1-10-15-14(17(23)16-13(21-15)3-2-8-20-16)18(24)22(10)9-11-4-6-12(19)7-5-11/h2-8,10H,9H2,1H3,(H,21,23). The second-order valence-corrected chi connectivity index (χ2v) is 5.88. The van der Waals surface area contributed by atoms with Crippen LogP contribution in [0.15, 0.2) is 47.4 Å². The second kappa shape index (κ2) is 5.26. The number of nitrogens with one attached hydrogen (secondary N) is 1. The number of pyridine rings is 2. The first-order chi connectivity index (χ1) is 11.6. The number of benzene rings is 1. The van der Waals surface area contributed by atoms with Crippen molar-refractivity contribution in [1.29, 1.82) is 0 Å². The average Bonchev–Trinajstić information content (AvgIpc) is 2.82. The maximum absolute atomic E-state index is 13.0. The minimum absolute atomic E-state index is 0.149. The topological polar surface area (TPSA) is 66.1 Å². The van der Waals surface area contributed by atoms with E-state index >= 15 is 0 Å². The fraction of sp³-hybridized carbons (Fsp3) is 0.167. The zero-order valence-corrected chi connectivity index (χ0v) is 12.9. The van der Waals surface area contributed by atoms with Gasteiger partial charge in [-0.15, -0.1) is 0 Å². The summed E-state index contributed by atoms with van der Waals surface area (Å²) in [5.74, 6) is -0.647. The van der Waals surface area contributed by atoms with Crippen molar-refractivity contribution in [3.63, 3.8) is 0 Å². The summed E-state index contributed by atoms with van der Waals surface area (Å²) in [4.78, 5) is 34.2. The Bertz CT molecular complexity index is 1010. The van der Waals surface area contributed by atoms with Crippen molar-refractivity contribution in [3.8, 4) is 0 Å². The molecule has 1 aliphatic rings. The fourth-order valence-electron chi connectivity index (χ4n) is 3.13. The molecule has 1 aliphatic heterocycles. The molecular formula is C18H14FN3O2. The van der Waals surface area contributed by atoms with Crippen LogP contribution in [0.2, 0.25) is 0 Å². The molecule has 0 saturated carbocycles. The first-order valence-electron chi connectivity index (χ1n) is 7.62. The molecular weight excluding hydrogens is 309 g/mol. The number of fused-ring (bicyclic) bond motifs is 2. The van der Waals surface area contributed by atoms with Crippen molar-refractivity contribution in [2.24, 2.45) is 0 Å². The first kappa shape index (κ1) is 14.6. The van der Waals surface area contributed by atoms with Gasteiger partial charge in [0.25, 0.3) is 5.91 Å². The third-order valence-corrected chi connectivity index (χ3v) is 4.41. The summed E-state index contributed by atoms with van der Waals surface area (Å²) in [5, 5.41) is 0. The van der Waals surface area contributed by atoms with Crippen LogP contribution >= 0.6 is 0 Å². The highest BCUT2D eigenvalue weighted by atomic mass is 19.1. The third-order valence-electron chi connectivity index (χ3n) is 4.41. The van der Waals surface area contributed by atoms with Crippen LogP contribution in [0.5, 0.6) is 0 Å². The lowest BCUT2D eigenvalue weighted by atomic mass is 10.1. The van der Waals surface area contributed by atoms with Crippen LogP contribution in [0, 0.1) is 5.82 Å². The zero-order valence-electron chi connectivity index (χ0n) is 12.9. The van der Waals surface area contributed by atoms with Gasteiger partial charge < -0.3 is 9.88 Å². The quantitative estimate of drug-likeness (QED) is 0.788. The van der Waals surface area contributed by atoms with E-state index in [4.69, 9.17) is 0 Å². The van der Waals surface area contributed by atoms with Crippen LogP contribution in [0.3, 0.4) is 0 Å². The Morgan fingerprint density at radius 1 is 1.21 bits per heavy atom. The van der Waals surface area contributed by atoms with E-state index in [0.29, 0.717) is 17.8 Å². The molecule has 0 aliphatic carbocycles. The van der Waals surface area contributed by atoms with Crippen molar-refractivity contribution in [2.45, 2.75) is 19.5 Å². The fourth-order valence-corrected chi connectivity index (χ4v) is 3.13. The number of rotatable bonds is 2. The lowest BCUT2D eigenvalue weighted by molar-refractivity contribution is 0.0721. The largest absolute Gasteiger partial charge is 0.355 e. The van der Waals surface area contributed by atoms with Gasteiger partial charge in [-0.1, -0.05) is 12.1 Å². The highest BCUT2D eigenvalue weighted by molar-refractivity contribution is 6.00. The van der Waals surface area contributed by atoms with Gasteiger partial charge in [0.05, 0.1) is 17.3 Å². The average molecular weight is 323 g/mol. The molecule has 0 bridgehead atoms. The van der Waals surface area contributed by atoms with Crippen LogP contribution in [0.1, 0.15) is 34.6 Å². The van der Waals surface area contributed by atoms with E-state index in [1.807, 2.05) is 6.92 Å². The number of carbonyl (C=O) groups is 1. The Balaban J connectivity index is 1.79. The summed E-state index contributed by atoms with van der Waals surface area (Å²) in [6.45, 7) is 2.18. The number of amides is 1. The van der Waals surface area contributed by atoms with Gasteiger partial charge in [-0.3, -0.25) is 14.6 Å². The van der Waals surface area contributed by atoms with E-state index in [0.717, 1.165) is 5.56 Å². The molecule has 3 aromatic rings. The normalized spacial score (nSPS) is 16.7. The number of nitrogens with zero attached hydrogens (tertiary/aromatic N) is 2. The van der Waals surface area contributed by atoms with Crippen LogP contribution in [0.25, 0.3) is 11.0 Å². The monoisotopic (exact) mass is 323 g/mol. The summed E-state index contributed by atoms with van der Waals surface area (Å²) < 4.78 is 13.0. The summed E-state index contributed by atoms with van der Waals surface area (Å²) in [6, 6.07) is 9.23. The van der Waals surface area contributed by atoms with Gasteiger partial charge >= 0.3 is 0 Å². The number of hydrogen-bond acceptors (Lipinski definition) is 3. The number of hydrogen-bond donors (Lipinski definition) is 1. The number of halogens is 1. The molecule has 1 amide bonds. The lowest BCUT2D eigenvalue weighted by Crippen LogP contribution is -2.27. The molecule has 24 heavy (non-hydrogen) atoms. The highest BCUT2D eigenvalue weighted by Gasteiger charge is 2.37. The molecule has 3 heterocycles. The molecule has 0 radical (unpaired) electrons. The Kier molecular flexibility index (Phi) is 3.19. The van der Waals surface area contributed by atoms with Gasteiger partial charge in [0, 0.05) is 12.7 Å². The van der Waals surface area contributed by atoms with Crippen molar-refractivity contribution in [2.75, 3.05) is 0 Å². The van der Waals surface area contributed by atoms with Crippen LogP contribution < -0.4 is 5.43 Å². The molecule has 1 aromatic carbocycles. The Labute approximate surface area is 136 Å². The van der Waals surface area contributed by atoms with Crippen molar-refractivity contribution in [3.05, 3.63) is 75.5 Å². The molecule has 0 spiro atoms. The smallest absolute Gasteiger partial charge is 0.260 e. The Morgan fingerprint density at radius 2 is 1.96 bits per heavy atom. The van der Waals surface area contributed by atoms with Crippen LogP contribution in [-0.4, -0.2) is 20.8 Å². The highest BCUT2D eigenvalue weighted by Crippen LogP contribution is 2.32. The van der Waals surface area contributed by atoms with Gasteiger partial charge in [0.15, 0.2) is 0 Å². The number of aromatic amines is 1. The third kappa shape index (κ3) is 2.11. The molecule has 2 aromatic heterocycles. The number of carbonyl (C=O) groups excluding carboxylic acids is 1. The minimum Gasteiger partial charge on any atom is -0.355 e. The van der Waals surface area contributed by atoms with Crippen molar-refractivity contribution in [1.82, 2.24) is 14.9 Å². The van der Waals surface area contributed by atoms with E-state index in [1.165, 1.54) is 18.3 Å². The van der Waals surface area contributed by atoms with E-state index in [2.05, 4.69) is 9.97 Å². The van der Waals surface area contributed by atoms with E-state index in [9.17, 15) is 14.0 Å². The summed E-state index contributed by atoms with van der Waals surface area (Å²) in [7, 11) is 0. The van der Waals surface area contributed by atoms with E-state index < -0.39 is 0 Å². The van der Waals surface area contributed by atoms with Crippen molar-refractivity contribution >= 4 is 16.9 Å². The lowest BCUT2D eigenvalue weighted by Gasteiger charge is -2.21. The van der Waals surface area contributed by atoms with Gasteiger partial charge in [0.2, 0.25) is 5.43 Å². The molecule has 6 heteroatoms. The predicted molar refractivity (Wildman–Crippen MR) is 87.1 cm³/mol. The molecule has 5 nitrogen and oxygen atoms in total. The molecule has 120 valence electrons. The van der Waals surface area contributed by atoms with Crippen molar-refractivity contribution < 1.29 is 9.18 Å². The maximum atomic E-state index is 13.0. The van der Waals surface area contributed by atoms with Crippen LogP contribution in [0.4, 0.5) is 4.39 Å². The SMILES string of the molecule is CC1c2[nH]c3cccnc3c(=O)c2C(=O)N1Cc1ccc(F)cc1. The number of H-pyrrole nitrogens is 1. The van der Waals surface area contributed by atoms with Crippen LogP contribution in [-0.2, 0) is 6.54 Å². The summed E-state index contributed by atoms with van der Waals surface area (Å²) >= 11 is 0.